The normalized spacial score (nSPS) is 11.2. The van der Waals surface area contributed by atoms with E-state index in [0.29, 0.717) is 0 Å². The van der Waals surface area contributed by atoms with E-state index in [1.807, 2.05) is 42.6 Å². The predicted molar refractivity (Wildman–Crippen MR) is 116 cm³/mol. The third-order valence-corrected chi connectivity index (χ3v) is 7.86. The summed E-state index contributed by atoms with van der Waals surface area (Å²) in [4.78, 5) is 12.9. The third-order valence-electron chi connectivity index (χ3n) is 3.30. The molecule has 3 aromatic rings. The Bertz CT molecular complexity index is 940. The fourth-order valence-electron chi connectivity index (χ4n) is 1.91. The molecule has 0 saturated carbocycles. The molecule has 0 unspecified atom stereocenters. The van der Waals surface area contributed by atoms with E-state index in [0.717, 1.165) is 35.5 Å². The summed E-state index contributed by atoms with van der Waals surface area (Å²) in [6.45, 7) is 2.01. The summed E-state index contributed by atoms with van der Waals surface area (Å²) in [5.41, 5.74) is 4.73. The van der Waals surface area contributed by atoms with Crippen molar-refractivity contribution in [3.8, 4) is 0 Å². The highest BCUT2D eigenvalue weighted by Gasteiger charge is 2.09. The Morgan fingerprint density at radius 1 is 1.26 bits per heavy atom. The number of carbonyl (C=O) groups is 1. The van der Waals surface area contributed by atoms with Gasteiger partial charge in [0, 0.05) is 15.7 Å². The topological polar surface area (TPSA) is 67.2 Å². The van der Waals surface area contributed by atoms with E-state index >= 15 is 0 Å². The molecule has 0 aliphatic heterocycles. The molecule has 0 aliphatic carbocycles. The fourth-order valence-corrected chi connectivity index (χ4v) is 5.79. The van der Waals surface area contributed by atoms with Gasteiger partial charge in [0.15, 0.2) is 8.68 Å². The molecular weight excluding hydrogens is 440 g/mol. The van der Waals surface area contributed by atoms with Gasteiger partial charge < -0.3 is 0 Å². The van der Waals surface area contributed by atoms with Crippen molar-refractivity contribution in [2.45, 2.75) is 21.4 Å². The van der Waals surface area contributed by atoms with E-state index in [1.165, 1.54) is 23.1 Å². The van der Waals surface area contributed by atoms with E-state index in [9.17, 15) is 4.79 Å². The lowest BCUT2D eigenvalue weighted by Crippen LogP contribution is -2.19. The largest absolute Gasteiger partial charge is 0.272 e. The van der Waals surface area contributed by atoms with Crippen molar-refractivity contribution in [1.82, 2.24) is 15.6 Å². The number of aryl methyl sites for hydroxylation is 1. The monoisotopic (exact) mass is 454 g/mol. The lowest BCUT2D eigenvalue weighted by Gasteiger charge is -2.00. The number of hydrogen-bond donors (Lipinski definition) is 1. The van der Waals surface area contributed by atoms with Gasteiger partial charge in [0.1, 0.15) is 0 Å². The first-order chi connectivity index (χ1) is 13.1. The van der Waals surface area contributed by atoms with Gasteiger partial charge in [0.2, 0.25) is 0 Å². The van der Waals surface area contributed by atoms with Crippen molar-refractivity contribution in [1.29, 1.82) is 0 Å². The number of benzene rings is 1. The van der Waals surface area contributed by atoms with Crippen LogP contribution >= 0.6 is 57.8 Å². The van der Waals surface area contributed by atoms with Crippen molar-refractivity contribution in [2.24, 2.45) is 5.10 Å². The molecule has 3 rings (SSSR count). The summed E-state index contributed by atoms with van der Waals surface area (Å²) in [6, 6.07) is 9.76. The second-order valence-electron chi connectivity index (χ2n) is 5.26. The predicted octanol–water partition coefficient (Wildman–Crippen LogP) is 5.10. The average molecular weight is 455 g/mol. The van der Waals surface area contributed by atoms with Crippen LogP contribution < -0.4 is 5.43 Å². The zero-order valence-electron chi connectivity index (χ0n) is 14.2. The molecule has 0 spiro atoms. The van der Waals surface area contributed by atoms with Crippen LogP contribution in [-0.4, -0.2) is 28.1 Å². The Morgan fingerprint density at radius 3 is 2.78 bits per heavy atom. The molecule has 0 atom stereocenters. The molecule has 1 N–H and O–H groups in total. The van der Waals surface area contributed by atoms with Gasteiger partial charge in [0.05, 0.1) is 12.0 Å². The number of amides is 1. The highest BCUT2D eigenvalue weighted by molar-refractivity contribution is 8.03. The highest BCUT2D eigenvalue weighted by Crippen LogP contribution is 2.32. The quantitative estimate of drug-likeness (QED) is 0.291. The first kappa shape index (κ1) is 20.3. The van der Waals surface area contributed by atoms with Crippen molar-refractivity contribution in [3.05, 3.63) is 56.7 Å². The number of carbonyl (C=O) groups excluding carboxylic acids is 1. The summed E-state index contributed by atoms with van der Waals surface area (Å²) in [5.74, 6) is 0.798. The van der Waals surface area contributed by atoms with E-state index in [2.05, 4.69) is 20.7 Å². The molecule has 27 heavy (non-hydrogen) atoms. The molecule has 5 nitrogen and oxygen atoms in total. The van der Waals surface area contributed by atoms with Crippen molar-refractivity contribution in [2.75, 3.05) is 5.75 Å². The summed E-state index contributed by atoms with van der Waals surface area (Å²) >= 11 is 12.1. The van der Waals surface area contributed by atoms with Crippen LogP contribution in [0, 0.1) is 6.92 Å². The first-order valence-corrected chi connectivity index (χ1v) is 11.8. The maximum atomic E-state index is 11.9. The second kappa shape index (κ2) is 10.2. The zero-order chi connectivity index (χ0) is 19.1. The van der Waals surface area contributed by atoms with Crippen molar-refractivity contribution in [3.63, 3.8) is 0 Å². The van der Waals surface area contributed by atoms with Crippen molar-refractivity contribution < 1.29 is 4.79 Å². The molecule has 1 amide bonds. The highest BCUT2D eigenvalue weighted by atomic mass is 35.5. The van der Waals surface area contributed by atoms with Gasteiger partial charge >= 0.3 is 0 Å². The third kappa shape index (κ3) is 6.32. The van der Waals surface area contributed by atoms with Crippen LogP contribution in [0.2, 0.25) is 5.02 Å². The summed E-state index contributed by atoms with van der Waals surface area (Å²) in [7, 11) is 0. The van der Waals surface area contributed by atoms with Crippen LogP contribution in [0.3, 0.4) is 0 Å². The number of aromatic nitrogens is 2. The minimum absolute atomic E-state index is 0.175. The lowest BCUT2D eigenvalue weighted by molar-refractivity contribution is -0.118. The number of nitrogens with zero attached hydrogens (tertiary/aromatic N) is 3. The van der Waals surface area contributed by atoms with Crippen LogP contribution in [0.1, 0.15) is 16.0 Å². The number of hydrogen-bond acceptors (Lipinski definition) is 8. The molecule has 0 fully saturated rings. The van der Waals surface area contributed by atoms with Gasteiger partial charge in [-0.2, -0.15) is 5.10 Å². The van der Waals surface area contributed by atoms with E-state index < -0.39 is 0 Å². The van der Waals surface area contributed by atoms with Crippen LogP contribution in [-0.2, 0) is 10.5 Å². The van der Waals surface area contributed by atoms with E-state index in [1.54, 1.807) is 29.3 Å². The standard InChI is InChI=1S/C17H15ClN4OS4/c1-11-6-7-24-14(11)8-19-20-15(23)10-26-17-22-21-16(27-17)25-9-12-4-2-3-5-13(12)18/h2-8H,9-10H2,1H3,(H,20,23)/b19-8-. The van der Waals surface area contributed by atoms with Crippen LogP contribution in [0.5, 0.6) is 0 Å². The molecule has 0 bridgehead atoms. The minimum atomic E-state index is -0.175. The number of thioether (sulfide) groups is 2. The molecular formula is C17H15ClN4OS4. The average Bonchev–Trinajstić information content (AvgIpc) is 3.28. The van der Waals surface area contributed by atoms with Crippen molar-refractivity contribution >= 4 is 69.9 Å². The second-order valence-corrected chi connectivity index (χ2v) is 10.0. The smallest absolute Gasteiger partial charge is 0.250 e. The van der Waals surface area contributed by atoms with Gasteiger partial charge in [-0.25, -0.2) is 5.43 Å². The van der Waals surface area contributed by atoms with Crippen LogP contribution in [0.25, 0.3) is 0 Å². The number of hydrazone groups is 1. The summed E-state index contributed by atoms with van der Waals surface area (Å²) in [5, 5.41) is 15.0. The van der Waals surface area contributed by atoms with E-state index in [4.69, 9.17) is 11.6 Å². The fraction of sp³-hybridized carbons (Fsp3) is 0.176. The number of halogens is 1. The minimum Gasteiger partial charge on any atom is -0.272 e. The van der Waals surface area contributed by atoms with Crippen LogP contribution in [0.15, 0.2) is 49.5 Å². The van der Waals surface area contributed by atoms with Gasteiger partial charge in [-0.05, 0) is 35.6 Å². The SMILES string of the molecule is Cc1ccsc1/C=N\NC(=O)CSc1nnc(SCc2ccccc2Cl)s1. The molecule has 0 aliphatic rings. The molecule has 0 radical (unpaired) electrons. The van der Waals surface area contributed by atoms with Gasteiger partial charge in [-0.1, -0.05) is 64.7 Å². The lowest BCUT2D eigenvalue weighted by atomic mass is 10.2. The molecule has 1 aromatic carbocycles. The Kier molecular flexibility index (Phi) is 7.71. The van der Waals surface area contributed by atoms with Crippen LogP contribution in [0.4, 0.5) is 0 Å². The number of nitrogens with one attached hydrogen (secondary N) is 1. The Balaban J connectivity index is 1.42. The molecule has 2 aromatic heterocycles. The Hall–Kier alpha value is -1.39. The Morgan fingerprint density at radius 2 is 2.04 bits per heavy atom. The first-order valence-electron chi connectivity index (χ1n) is 7.80. The molecule has 2 heterocycles. The molecule has 140 valence electrons. The summed E-state index contributed by atoms with van der Waals surface area (Å²) in [6.07, 6.45) is 1.66. The van der Waals surface area contributed by atoms with Gasteiger partial charge in [-0.3, -0.25) is 4.79 Å². The molecule has 10 heteroatoms. The van der Waals surface area contributed by atoms with Gasteiger partial charge in [0.25, 0.3) is 5.91 Å². The number of rotatable bonds is 8. The maximum Gasteiger partial charge on any atom is 0.250 e. The number of thiophene rings is 1. The van der Waals surface area contributed by atoms with E-state index in [-0.39, 0.29) is 11.7 Å². The maximum absolute atomic E-state index is 11.9. The Labute approximate surface area is 178 Å². The zero-order valence-corrected chi connectivity index (χ0v) is 18.2. The van der Waals surface area contributed by atoms with Gasteiger partial charge in [-0.15, -0.1) is 21.5 Å². The summed E-state index contributed by atoms with van der Waals surface area (Å²) < 4.78 is 1.61. The molecule has 0 saturated heterocycles.